The lowest BCUT2D eigenvalue weighted by Gasteiger charge is -2.16. The molecule has 0 saturated carbocycles. The van der Waals surface area contributed by atoms with E-state index in [4.69, 9.17) is 14.0 Å². The summed E-state index contributed by atoms with van der Waals surface area (Å²) in [5.41, 5.74) is 0.855. The third-order valence-electron chi connectivity index (χ3n) is 3.91. The lowest BCUT2D eigenvalue weighted by molar-refractivity contribution is -0.128. The summed E-state index contributed by atoms with van der Waals surface area (Å²) in [5, 5.41) is 6.71. The van der Waals surface area contributed by atoms with Crippen molar-refractivity contribution in [2.45, 2.75) is 26.0 Å². The average Bonchev–Trinajstić information content (AvgIpc) is 3.20. The number of methoxy groups -OCH3 is 1. The van der Waals surface area contributed by atoms with E-state index in [2.05, 4.69) is 15.5 Å². The van der Waals surface area contributed by atoms with Crippen LogP contribution in [0.15, 0.2) is 59.1 Å². The van der Waals surface area contributed by atoms with Gasteiger partial charge in [-0.3, -0.25) is 4.79 Å². The predicted molar refractivity (Wildman–Crippen MR) is 99.3 cm³/mol. The minimum atomic E-state index is -0.616. The van der Waals surface area contributed by atoms with Crippen molar-refractivity contribution in [1.29, 1.82) is 0 Å². The van der Waals surface area contributed by atoms with Gasteiger partial charge in [0.25, 0.3) is 5.91 Å². The van der Waals surface area contributed by atoms with Gasteiger partial charge >= 0.3 is 0 Å². The fourth-order valence-corrected chi connectivity index (χ4v) is 2.45. The Morgan fingerprint density at radius 3 is 2.48 bits per heavy atom. The second-order valence-corrected chi connectivity index (χ2v) is 5.79. The molecule has 7 nitrogen and oxygen atoms in total. The monoisotopic (exact) mass is 367 g/mol. The molecule has 2 aromatic carbocycles. The Labute approximate surface area is 157 Å². The quantitative estimate of drug-likeness (QED) is 0.658. The number of rotatable bonds is 8. The molecule has 0 aliphatic carbocycles. The maximum Gasteiger partial charge on any atom is 0.261 e. The van der Waals surface area contributed by atoms with Crippen LogP contribution < -0.4 is 14.8 Å². The highest BCUT2D eigenvalue weighted by molar-refractivity contribution is 5.81. The van der Waals surface area contributed by atoms with Crippen molar-refractivity contribution in [2.75, 3.05) is 7.11 Å². The number of benzene rings is 2. The first-order valence-electron chi connectivity index (χ1n) is 8.66. The number of carbonyl (C=O) groups is 1. The summed E-state index contributed by atoms with van der Waals surface area (Å²) in [7, 11) is 1.60. The number of hydrogen-bond donors (Lipinski definition) is 1. The van der Waals surface area contributed by atoms with Crippen LogP contribution in [0, 0.1) is 0 Å². The second kappa shape index (κ2) is 8.84. The van der Waals surface area contributed by atoms with Gasteiger partial charge in [-0.1, -0.05) is 42.4 Å². The van der Waals surface area contributed by atoms with Gasteiger partial charge in [-0.25, -0.2) is 0 Å². The van der Waals surface area contributed by atoms with E-state index in [1.165, 1.54) is 0 Å². The Morgan fingerprint density at radius 1 is 1.11 bits per heavy atom. The first-order chi connectivity index (χ1) is 13.2. The Hall–Kier alpha value is -3.35. The maximum atomic E-state index is 12.4. The van der Waals surface area contributed by atoms with Crippen LogP contribution in [-0.2, 0) is 11.3 Å². The van der Waals surface area contributed by atoms with E-state index in [9.17, 15) is 4.79 Å². The zero-order valence-electron chi connectivity index (χ0n) is 15.2. The summed E-state index contributed by atoms with van der Waals surface area (Å²) in [6.07, 6.45) is -0.0911. The van der Waals surface area contributed by atoms with Crippen molar-refractivity contribution in [2.24, 2.45) is 0 Å². The lowest BCUT2D eigenvalue weighted by atomic mass is 10.2. The summed E-state index contributed by atoms with van der Waals surface area (Å²) in [5.74, 6) is 1.91. The number of aromatic nitrogens is 2. The minimum Gasteiger partial charge on any atom is -0.497 e. The highest BCUT2D eigenvalue weighted by atomic mass is 16.5. The summed E-state index contributed by atoms with van der Waals surface area (Å²) in [6.45, 7) is 2.02. The molecule has 1 atom stereocenters. The molecule has 1 N–H and O–H groups in total. The lowest BCUT2D eigenvalue weighted by Crippen LogP contribution is -2.37. The van der Waals surface area contributed by atoms with Gasteiger partial charge in [0.15, 0.2) is 6.10 Å². The molecule has 0 saturated heterocycles. The zero-order valence-corrected chi connectivity index (χ0v) is 15.2. The molecule has 7 heteroatoms. The topological polar surface area (TPSA) is 86.5 Å². The molecule has 140 valence electrons. The maximum absolute atomic E-state index is 12.4. The summed E-state index contributed by atoms with van der Waals surface area (Å²) >= 11 is 0. The summed E-state index contributed by atoms with van der Waals surface area (Å²) in [4.78, 5) is 16.7. The Bertz CT molecular complexity index is 862. The van der Waals surface area contributed by atoms with Crippen LogP contribution in [-0.4, -0.2) is 29.3 Å². The Balaban J connectivity index is 1.56. The van der Waals surface area contributed by atoms with E-state index in [0.717, 1.165) is 11.3 Å². The third kappa shape index (κ3) is 4.84. The van der Waals surface area contributed by atoms with E-state index in [1.807, 2.05) is 37.3 Å². The van der Waals surface area contributed by atoms with Crippen LogP contribution in [0.1, 0.15) is 19.2 Å². The summed E-state index contributed by atoms with van der Waals surface area (Å²) in [6, 6.07) is 16.6. The van der Waals surface area contributed by atoms with Crippen molar-refractivity contribution in [1.82, 2.24) is 15.5 Å². The number of amides is 1. The number of nitrogens with zero attached hydrogens (tertiary/aromatic N) is 2. The average molecular weight is 367 g/mol. The second-order valence-electron chi connectivity index (χ2n) is 5.79. The molecule has 0 unspecified atom stereocenters. The standard InChI is InChI=1S/C20H21N3O4/c1-3-17(26-16-11-9-15(25-2)10-12-16)20(24)21-13-18-22-19(23-27-18)14-7-5-4-6-8-14/h4-12,17H,3,13H2,1-2H3,(H,21,24)/t17-/m1/s1. The van der Waals surface area contributed by atoms with Gasteiger partial charge in [-0.2, -0.15) is 4.98 Å². The highest BCUT2D eigenvalue weighted by Gasteiger charge is 2.19. The number of ether oxygens (including phenoxy) is 2. The van der Waals surface area contributed by atoms with Gasteiger partial charge in [0.1, 0.15) is 11.5 Å². The Morgan fingerprint density at radius 2 is 1.81 bits per heavy atom. The van der Waals surface area contributed by atoms with Crippen LogP contribution in [0.25, 0.3) is 11.4 Å². The van der Waals surface area contributed by atoms with Crippen LogP contribution in [0.5, 0.6) is 11.5 Å². The van der Waals surface area contributed by atoms with Crippen molar-refractivity contribution >= 4 is 5.91 Å². The molecule has 0 radical (unpaired) electrons. The van der Waals surface area contributed by atoms with Crippen LogP contribution in [0.2, 0.25) is 0 Å². The molecule has 0 fully saturated rings. The van der Waals surface area contributed by atoms with E-state index < -0.39 is 6.10 Å². The fourth-order valence-electron chi connectivity index (χ4n) is 2.45. The number of nitrogens with one attached hydrogen (secondary N) is 1. The van der Waals surface area contributed by atoms with E-state index in [-0.39, 0.29) is 12.5 Å². The van der Waals surface area contributed by atoms with Crippen LogP contribution >= 0.6 is 0 Å². The van der Waals surface area contributed by atoms with E-state index >= 15 is 0 Å². The van der Waals surface area contributed by atoms with Gasteiger partial charge in [0.2, 0.25) is 11.7 Å². The normalized spacial score (nSPS) is 11.6. The van der Waals surface area contributed by atoms with Crippen LogP contribution in [0.4, 0.5) is 0 Å². The van der Waals surface area contributed by atoms with Crippen molar-refractivity contribution < 1.29 is 18.8 Å². The number of hydrogen-bond acceptors (Lipinski definition) is 6. The molecule has 1 heterocycles. The van der Waals surface area contributed by atoms with Crippen molar-refractivity contribution in [3.8, 4) is 22.9 Å². The molecule has 1 aromatic heterocycles. The first kappa shape index (κ1) is 18.4. The molecule has 3 aromatic rings. The SMILES string of the molecule is CC[C@@H](Oc1ccc(OC)cc1)C(=O)NCc1nc(-c2ccccc2)no1. The molecule has 0 aliphatic heterocycles. The van der Waals surface area contributed by atoms with Crippen molar-refractivity contribution in [3.05, 3.63) is 60.5 Å². The Kier molecular flexibility index (Phi) is 6.04. The molecule has 0 spiro atoms. The number of carbonyl (C=O) groups excluding carboxylic acids is 1. The van der Waals surface area contributed by atoms with Crippen molar-refractivity contribution in [3.63, 3.8) is 0 Å². The molecule has 0 bridgehead atoms. The highest BCUT2D eigenvalue weighted by Crippen LogP contribution is 2.19. The van der Waals surface area contributed by atoms with E-state index in [0.29, 0.717) is 23.9 Å². The van der Waals surface area contributed by atoms with Gasteiger partial charge in [0, 0.05) is 5.56 Å². The smallest absolute Gasteiger partial charge is 0.261 e. The van der Waals surface area contributed by atoms with Gasteiger partial charge in [-0.05, 0) is 30.7 Å². The zero-order chi connectivity index (χ0) is 19.1. The molecule has 1 amide bonds. The first-order valence-corrected chi connectivity index (χ1v) is 8.66. The summed E-state index contributed by atoms with van der Waals surface area (Å²) < 4.78 is 16.1. The molecule has 27 heavy (non-hydrogen) atoms. The predicted octanol–water partition coefficient (Wildman–Crippen LogP) is 3.22. The van der Waals surface area contributed by atoms with Gasteiger partial charge < -0.3 is 19.3 Å². The minimum absolute atomic E-state index is 0.140. The third-order valence-corrected chi connectivity index (χ3v) is 3.91. The van der Waals surface area contributed by atoms with Crippen LogP contribution in [0.3, 0.4) is 0 Å². The fraction of sp³-hybridized carbons (Fsp3) is 0.250. The van der Waals surface area contributed by atoms with Gasteiger partial charge in [-0.15, -0.1) is 0 Å². The molecule has 0 aliphatic rings. The van der Waals surface area contributed by atoms with Gasteiger partial charge in [0.05, 0.1) is 13.7 Å². The molecule has 3 rings (SSSR count). The van der Waals surface area contributed by atoms with E-state index in [1.54, 1.807) is 31.4 Å². The largest absolute Gasteiger partial charge is 0.497 e. The molecular weight excluding hydrogens is 346 g/mol. The molecular formula is C20H21N3O4.